The fourth-order valence-electron chi connectivity index (χ4n) is 1.17. The van der Waals surface area contributed by atoms with Crippen molar-refractivity contribution in [3.63, 3.8) is 0 Å². The molecule has 0 atom stereocenters. The lowest BCUT2D eigenvalue weighted by Gasteiger charge is -2.36. The van der Waals surface area contributed by atoms with Crippen LogP contribution in [0.25, 0.3) is 0 Å². The predicted octanol–water partition coefficient (Wildman–Crippen LogP) is 4.55. The lowest BCUT2D eigenvalue weighted by molar-refractivity contribution is 0.277. The molecule has 0 bridgehead atoms. The molecule has 0 heterocycles. The Hall–Kier alpha value is -0.323. The molecular weight excluding hydrogens is 294 g/mol. The van der Waals surface area contributed by atoms with E-state index >= 15 is 0 Å². The van der Waals surface area contributed by atoms with E-state index in [9.17, 15) is 0 Å². The number of hydrogen-bond acceptors (Lipinski definition) is 2. The van der Waals surface area contributed by atoms with Crippen LogP contribution in [0, 0.1) is 0 Å². The van der Waals surface area contributed by atoms with Gasteiger partial charge in [-0.1, -0.05) is 42.8 Å². The highest BCUT2D eigenvalue weighted by atomic mass is 79.9. The highest BCUT2D eigenvalue weighted by Gasteiger charge is 2.37. The third-order valence-corrected chi connectivity index (χ3v) is 8.47. The molecule has 1 aromatic carbocycles. The summed E-state index contributed by atoms with van der Waals surface area (Å²) in [5, 5.41) is 0.233. The summed E-state index contributed by atoms with van der Waals surface area (Å²) in [5.41, 5.74) is 7.82. The molecule has 1 rings (SSSR count). The van der Waals surface area contributed by atoms with Crippen molar-refractivity contribution in [2.45, 2.75) is 45.5 Å². The Morgan fingerprint density at radius 3 is 2.35 bits per heavy atom. The number of nitrogens with two attached hydrogens (primary N) is 1. The van der Waals surface area contributed by atoms with Crippen LogP contribution in [0.1, 0.15) is 26.3 Å². The number of halogens is 1. The first-order chi connectivity index (χ1) is 7.63. The van der Waals surface area contributed by atoms with E-state index in [0.29, 0.717) is 6.61 Å². The summed E-state index contributed by atoms with van der Waals surface area (Å²) in [6.45, 7) is 11.8. The van der Waals surface area contributed by atoms with Crippen LogP contribution in [0.2, 0.25) is 18.1 Å². The van der Waals surface area contributed by atoms with Gasteiger partial charge >= 0.3 is 0 Å². The van der Waals surface area contributed by atoms with Crippen molar-refractivity contribution < 1.29 is 4.43 Å². The molecule has 0 aliphatic heterocycles. The summed E-state index contributed by atoms with van der Waals surface area (Å²) in [5.74, 6) is 0. The molecule has 96 valence electrons. The standard InChI is InChI=1S/C13H22BrNOSi/c1-13(2,3)17(4,5)16-9-10-6-7-11(14)8-12(10)15/h6-8H,9,15H2,1-5H3. The minimum atomic E-state index is -1.69. The summed E-state index contributed by atoms with van der Waals surface area (Å²) in [4.78, 5) is 0. The van der Waals surface area contributed by atoms with Crippen molar-refractivity contribution in [1.82, 2.24) is 0 Å². The van der Waals surface area contributed by atoms with Crippen molar-refractivity contribution in [1.29, 1.82) is 0 Å². The lowest BCUT2D eigenvalue weighted by Crippen LogP contribution is -2.40. The van der Waals surface area contributed by atoms with Gasteiger partial charge in [-0.2, -0.15) is 0 Å². The van der Waals surface area contributed by atoms with E-state index in [4.69, 9.17) is 10.2 Å². The van der Waals surface area contributed by atoms with Gasteiger partial charge < -0.3 is 10.2 Å². The molecule has 0 radical (unpaired) electrons. The molecule has 0 aliphatic carbocycles. The average molecular weight is 316 g/mol. The minimum absolute atomic E-state index is 0.233. The van der Waals surface area contributed by atoms with Crippen LogP contribution in [0.3, 0.4) is 0 Å². The molecular formula is C13H22BrNOSi. The molecule has 0 unspecified atom stereocenters. The number of hydrogen-bond donors (Lipinski definition) is 1. The van der Waals surface area contributed by atoms with Gasteiger partial charge in [-0.15, -0.1) is 0 Å². The van der Waals surface area contributed by atoms with Crippen LogP contribution in [-0.4, -0.2) is 8.32 Å². The smallest absolute Gasteiger partial charge is 0.192 e. The fraction of sp³-hybridized carbons (Fsp3) is 0.538. The first-order valence-corrected chi connectivity index (χ1v) is 9.51. The Kier molecular flexibility index (Phi) is 4.44. The number of benzene rings is 1. The van der Waals surface area contributed by atoms with Crippen LogP contribution in [0.15, 0.2) is 22.7 Å². The molecule has 0 aliphatic rings. The van der Waals surface area contributed by atoms with Crippen molar-refractivity contribution >= 4 is 29.9 Å². The largest absolute Gasteiger partial charge is 0.412 e. The molecule has 0 spiro atoms. The third kappa shape index (κ3) is 3.83. The SMILES string of the molecule is CC(C)(C)[Si](C)(C)OCc1ccc(Br)cc1N. The van der Waals surface area contributed by atoms with E-state index in [1.807, 2.05) is 18.2 Å². The van der Waals surface area contributed by atoms with Gasteiger partial charge in [-0.3, -0.25) is 0 Å². The van der Waals surface area contributed by atoms with Gasteiger partial charge in [0.05, 0.1) is 6.61 Å². The number of rotatable bonds is 3. The van der Waals surface area contributed by atoms with E-state index in [0.717, 1.165) is 15.7 Å². The Bertz CT molecular complexity index is 399. The van der Waals surface area contributed by atoms with Crippen LogP contribution in [0.5, 0.6) is 0 Å². The van der Waals surface area contributed by atoms with Gasteiger partial charge in [0.25, 0.3) is 0 Å². The zero-order valence-electron chi connectivity index (χ0n) is 11.3. The van der Waals surface area contributed by atoms with Gasteiger partial charge in [-0.25, -0.2) is 0 Å². The molecule has 4 heteroatoms. The topological polar surface area (TPSA) is 35.2 Å². The molecule has 0 amide bonds. The van der Waals surface area contributed by atoms with Gasteiger partial charge in [0.2, 0.25) is 0 Å². The van der Waals surface area contributed by atoms with Crippen LogP contribution < -0.4 is 5.73 Å². The molecule has 0 aromatic heterocycles. The molecule has 0 saturated carbocycles. The summed E-state index contributed by atoms with van der Waals surface area (Å²) in [6, 6.07) is 5.94. The molecule has 0 saturated heterocycles. The van der Waals surface area contributed by atoms with Gasteiger partial charge in [0.1, 0.15) is 0 Å². The first-order valence-electron chi connectivity index (χ1n) is 5.81. The highest BCUT2D eigenvalue weighted by molar-refractivity contribution is 9.10. The third-order valence-electron chi connectivity index (χ3n) is 3.50. The Labute approximate surface area is 114 Å². The van der Waals surface area contributed by atoms with Gasteiger partial charge in [0, 0.05) is 10.2 Å². The first kappa shape index (κ1) is 14.7. The molecule has 2 N–H and O–H groups in total. The van der Waals surface area contributed by atoms with E-state index in [1.54, 1.807) is 0 Å². The van der Waals surface area contributed by atoms with E-state index in [2.05, 4.69) is 49.8 Å². The number of anilines is 1. The summed E-state index contributed by atoms with van der Waals surface area (Å²) in [7, 11) is -1.69. The zero-order chi connectivity index (χ0) is 13.3. The van der Waals surface area contributed by atoms with Gasteiger partial charge in [0.15, 0.2) is 8.32 Å². The highest BCUT2D eigenvalue weighted by Crippen LogP contribution is 2.37. The maximum Gasteiger partial charge on any atom is 0.192 e. The van der Waals surface area contributed by atoms with Crippen molar-refractivity contribution in [2.75, 3.05) is 5.73 Å². The van der Waals surface area contributed by atoms with Crippen molar-refractivity contribution in [2.24, 2.45) is 0 Å². The fourth-order valence-corrected chi connectivity index (χ4v) is 2.50. The Morgan fingerprint density at radius 1 is 1.29 bits per heavy atom. The second-order valence-corrected chi connectivity index (χ2v) is 11.6. The zero-order valence-corrected chi connectivity index (χ0v) is 13.9. The Morgan fingerprint density at radius 2 is 1.88 bits per heavy atom. The molecule has 0 fully saturated rings. The quantitative estimate of drug-likeness (QED) is 0.656. The second-order valence-electron chi connectivity index (χ2n) is 5.89. The number of nitrogen functional groups attached to an aromatic ring is 1. The van der Waals surface area contributed by atoms with Crippen LogP contribution >= 0.6 is 15.9 Å². The van der Waals surface area contributed by atoms with E-state index in [-0.39, 0.29) is 5.04 Å². The van der Waals surface area contributed by atoms with Crippen LogP contribution in [-0.2, 0) is 11.0 Å². The lowest BCUT2D eigenvalue weighted by atomic mass is 10.2. The molecule has 1 aromatic rings. The minimum Gasteiger partial charge on any atom is -0.412 e. The van der Waals surface area contributed by atoms with Crippen molar-refractivity contribution in [3.8, 4) is 0 Å². The average Bonchev–Trinajstić information content (AvgIpc) is 2.14. The maximum atomic E-state index is 6.14. The van der Waals surface area contributed by atoms with Crippen molar-refractivity contribution in [3.05, 3.63) is 28.2 Å². The summed E-state index contributed by atoms with van der Waals surface area (Å²) in [6.07, 6.45) is 0. The van der Waals surface area contributed by atoms with E-state index < -0.39 is 8.32 Å². The second kappa shape index (κ2) is 5.12. The summed E-state index contributed by atoms with van der Waals surface area (Å²) >= 11 is 3.41. The van der Waals surface area contributed by atoms with Crippen LogP contribution in [0.4, 0.5) is 5.69 Å². The monoisotopic (exact) mass is 315 g/mol. The molecule has 2 nitrogen and oxygen atoms in total. The normalized spacial score (nSPS) is 12.8. The Balaban J connectivity index is 2.74. The predicted molar refractivity (Wildman–Crippen MR) is 80.5 cm³/mol. The maximum absolute atomic E-state index is 6.14. The molecule has 17 heavy (non-hydrogen) atoms. The van der Waals surface area contributed by atoms with Gasteiger partial charge in [-0.05, 0) is 35.8 Å². The summed E-state index contributed by atoms with van der Waals surface area (Å²) < 4.78 is 7.15. The van der Waals surface area contributed by atoms with E-state index in [1.165, 1.54) is 0 Å².